The van der Waals surface area contributed by atoms with Crippen LogP contribution in [0.2, 0.25) is 0 Å². The Balaban J connectivity index is 2.07. The quantitative estimate of drug-likeness (QED) is 0.846. The first kappa shape index (κ1) is 15.0. The monoisotopic (exact) mass is 275 g/mol. The SMILES string of the molecule is CC(C)C(=O)N1CCOC(c2ccc(C(C)C)cc2)C1. The molecule has 0 saturated carbocycles. The number of carbonyl (C=O) groups excluding carboxylic acids is 1. The van der Waals surface area contributed by atoms with E-state index in [1.54, 1.807) is 0 Å². The molecule has 1 heterocycles. The predicted molar refractivity (Wildman–Crippen MR) is 80.6 cm³/mol. The van der Waals surface area contributed by atoms with E-state index < -0.39 is 0 Å². The molecule has 0 N–H and O–H groups in total. The van der Waals surface area contributed by atoms with Gasteiger partial charge in [-0.15, -0.1) is 0 Å². The van der Waals surface area contributed by atoms with Crippen molar-refractivity contribution in [2.75, 3.05) is 19.7 Å². The molecule has 2 rings (SSSR count). The van der Waals surface area contributed by atoms with Crippen LogP contribution in [0.25, 0.3) is 0 Å². The van der Waals surface area contributed by atoms with Crippen LogP contribution >= 0.6 is 0 Å². The number of amides is 1. The second kappa shape index (κ2) is 6.40. The van der Waals surface area contributed by atoms with Gasteiger partial charge in [-0.3, -0.25) is 4.79 Å². The molecule has 0 radical (unpaired) electrons. The van der Waals surface area contributed by atoms with E-state index in [1.807, 2.05) is 18.7 Å². The van der Waals surface area contributed by atoms with E-state index in [0.717, 1.165) is 5.56 Å². The summed E-state index contributed by atoms with van der Waals surface area (Å²) < 4.78 is 5.83. The van der Waals surface area contributed by atoms with Gasteiger partial charge >= 0.3 is 0 Å². The van der Waals surface area contributed by atoms with Crippen molar-refractivity contribution in [2.24, 2.45) is 5.92 Å². The highest BCUT2D eigenvalue weighted by Gasteiger charge is 2.26. The summed E-state index contributed by atoms with van der Waals surface area (Å²) in [5.41, 5.74) is 2.50. The molecule has 0 bridgehead atoms. The molecule has 0 aromatic heterocycles. The topological polar surface area (TPSA) is 29.5 Å². The van der Waals surface area contributed by atoms with E-state index in [2.05, 4.69) is 38.1 Å². The number of ether oxygens (including phenoxy) is 1. The van der Waals surface area contributed by atoms with Crippen LogP contribution in [-0.2, 0) is 9.53 Å². The first-order valence-corrected chi connectivity index (χ1v) is 7.49. The van der Waals surface area contributed by atoms with E-state index in [-0.39, 0.29) is 17.9 Å². The second-order valence-electron chi connectivity index (χ2n) is 6.12. The molecular formula is C17H25NO2. The van der Waals surface area contributed by atoms with Gasteiger partial charge in [-0.25, -0.2) is 0 Å². The van der Waals surface area contributed by atoms with Crippen molar-refractivity contribution in [1.29, 1.82) is 0 Å². The molecule has 1 unspecified atom stereocenters. The van der Waals surface area contributed by atoms with Gasteiger partial charge in [0.15, 0.2) is 0 Å². The van der Waals surface area contributed by atoms with E-state index in [0.29, 0.717) is 25.6 Å². The highest BCUT2D eigenvalue weighted by Crippen LogP contribution is 2.25. The fourth-order valence-electron chi connectivity index (χ4n) is 2.51. The lowest BCUT2D eigenvalue weighted by Crippen LogP contribution is -2.44. The Hall–Kier alpha value is -1.35. The highest BCUT2D eigenvalue weighted by molar-refractivity contribution is 5.78. The Bertz CT molecular complexity index is 451. The number of benzene rings is 1. The van der Waals surface area contributed by atoms with Crippen LogP contribution in [-0.4, -0.2) is 30.5 Å². The molecule has 3 heteroatoms. The van der Waals surface area contributed by atoms with E-state index in [1.165, 1.54) is 5.56 Å². The molecule has 20 heavy (non-hydrogen) atoms. The largest absolute Gasteiger partial charge is 0.370 e. The number of hydrogen-bond acceptors (Lipinski definition) is 2. The number of nitrogens with zero attached hydrogens (tertiary/aromatic N) is 1. The minimum atomic E-state index is 0.00709. The van der Waals surface area contributed by atoms with Gasteiger partial charge in [0.25, 0.3) is 0 Å². The molecule has 110 valence electrons. The van der Waals surface area contributed by atoms with Crippen molar-refractivity contribution in [3.63, 3.8) is 0 Å². The van der Waals surface area contributed by atoms with Crippen LogP contribution in [0, 0.1) is 5.92 Å². The lowest BCUT2D eigenvalue weighted by atomic mass is 9.99. The molecule has 1 saturated heterocycles. The summed E-state index contributed by atoms with van der Waals surface area (Å²) in [4.78, 5) is 14.0. The van der Waals surface area contributed by atoms with Gasteiger partial charge in [-0.2, -0.15) is 0 Å². The van der Waals surface area contributed by atoms with Crippen molar-refractivity contribution >= 4 is 5.91 Å². The molecular weight excluding hydrogens is 250 g/mol. The molecule has 1 aliphatic rings. The molecule has 1 aromatic rings. The maximum atomic E-state index is 12.1. The minimum Gasteiger partial charge on any atom is -0.370 e. The third-order valence-electron chi connectivity index (χ3n) is 3.85. The number of morpholine rings is 1. The normalized spacial score (nSPS) is 19.7. The van der Waals surface area contributed by atoms with Gasteiger partial charge < -0.3 is 9.64 Å². The maximum absolute atomic E-state index is 12.1. The standard InChI is InChI=1S/C17H25NO2/c1-12(2)14-5-7-15(8-6-14)16-11-18(9-10-20-16)17(19)13(3)4/h5-8,12-13,16H,9-11H2,1-4H3. The average Bonchev–Trinajstić information content (AvgIpc) is 2.46. The van der Waals surface area contributed by atoms with Crippen LogP contribution in [0.5, 0.6) is 0 Å². The zero-order valence-corrected chi connectivity index (χ0v) is 12.9. The molecule has 1 atom stereocenters. The van der Waals surface area contributed by atoms with Gasteiger partial charge in [0.1, 0.15) is 6.10 Å². The Morgan fingerprint density at radius 2 is 1.85 bits per heavy atom. The molecule has 1 fully saturated rings. The summed E-state index contributed by atoms with van der Waals surface area (Å²) in [7, 11) is 0. The minimum absolute atomic E-state index is 0.00709. The van der Waals surface area contributed by atoms with Crippen LogP contribution in [0.1, 0.15) is 50.8 Å². The number of hydrogen-bond donors (Lipinski definition) is 0. The van der Waals surface area contributed by atoms with Gasteiger partial charge in [0.05, 0.1) is 13.2 Å². The van der Waals surface area contributed by atoms with Gasteiger partial charge in [0.2, 0.25) is 5.91 Å². The summed E-state index contributed by atoms with van der Waals surface area (Å²) in [6.45, 7) is 10.3. The van der Waals surface area contributed by atoms with Crippen LogP contribution in [0.15, 0.2) is 24.3 Å². The zero-order chi connectivity index (χ0) is 14.7. The molecule has 3 nitrogen and oxygen atoms in total. The van der Waals surface area contributed by atoms with Crippen molar-refractivity contribution in [1.82, 2.24) is 4.90 Å². The van der Waals surface area contributed by atoms with Gasteiger partial charge in [-0.05, 0) is 17.0 Å². The molecule has 1 aliphatic heterocycles. The fourth-order valence-corrected chi connectivity index (χ4v) is 2.51. The zero-order valence-electron chi connectivity index (χ0n) is 12.9. The third-order valence-corrected chi connectivity index (χ3v) is 3.85. The van der Waals surface area contributed by atoms with Gasteiger partial charge in [-0.1, -0.05) is 52.0 Å². The summed E-state index contributed by atoms with van der Waals surface area (Å²) in [5.74, 6) is 0.810. The molecule has 0 aliphatic carbocycles. The maximum Gasteiger partial charge on any atom is 0.225 e. The van der Waals surface area contributed by atoms with E-state index in [4.69, 9.17) is 4.74 Å². The van der Waals surface area contributed by atoms with Crippen LogP contribution in [0.3, 0.4) is 0 Å². The molecule has 1 amide bonds. The Kier molecular flexibility index (Phi) is 4.81. The van der Waals surface area contributed by atoms with E-state index >= 15 is 0 Å². The van der Waals surface area contributed by atoms with Gasteiger partial charge in [0, 0.05) is 12.5 Å². The van der Waals surface area contributed by atoms with E-state index in [9.17, 15) is 4.79 Å². The summed E-state index contributed by atoms with van der Waals surface area (Å²) in [6.07, 6.45) is 0.00709. The predicted octanol–water partition coefficient (Wildman–Crippen LogP) is 3.37. The van der Waals surface area contributed by atoms with Crippen LogP contribution < -0.4 is 0 Å². The number of rotatable bonds is 3. The molecule has 0 spiro atoms. The third kappa shape index (κ3) is 3.40. The summed E-state index contributed by atoms with van der Waals surface area (Å²) in [6, 6.07) is 8.58. The second-order valence-corrected chi connectivity index (χ2v) is 6.12. The van der Waals surface area contributed by atoms with Crippen LogP contribution in [0.4, 0.5) is 0 Å². The highest BCUT2D eigenvalue weighted by atomic mass is 16.5. The smallest absolute Gasteiger partial charge is 0.225 e. The number of carbonyl (C=O) groups is 1. The first-order valence-electron chi connectivity index (χ1n) is 7.49. The average molecular weight is 275 g/mol. The lowest BCUT2D eigenvalue weighted by Gasteiger charge is -2.34. The fraction of sp³-hybridized carbons (Fsp3) is 0.588. The van der Waals surface area contributed by atoms with Crippen molar-refractivity contribution in [3.8, 4) is 0 Å². The van der Waals surface area contributed by atoms with Crippen molar-refractivity contribution in [2.45, 2.75) is 39.7 Å². The van der Waals surface area contributed by atoms with Crippen molar-refractivity contribution in [3.05, 3.63) is 35.4 Å². The Labute approximate surface area is 121 Å². The Morgan fingerprint density at radius 3 is 2.40 bits per heavy atom. The summed E-state index contributed by atoms with van der Waals surface area (Å²) in [5, 5.41) is 0. The lowest BCUT2D eigenvalue weighted by molar-refractivity contribution is -0.142. The summed E-state index contributed by atoms with van der Waals surface area (Å²) >= 11 is 0. The Morgan fingerprint density at radius 1 is 1.20 bits per heavy atom. The first-order chi connectivity index (χ1) is 9.49. The van der Waals surface area contributed by atoms with Crippen molar-refractivity contribution < 1.29 is 9.53 Å². The molecule has 1 aromatic carbocycles.